The van der Waals surface area contributed by atoms with Gasteiger partial charge in [0.05, 0.1) is 21.9 Å². The van der Waals surface area contributed by atoms with Crippen molar-refractivity contribution in [1.82, 2.24) is 5.32 Å². The Labute approximate surface area is 176 Å². The summed E-state index contributed by atoms with van der Waals surface area (Å²) in [5, 5.41) is 2.71. The molecule has 4 nitrogen and oxygen atoms in total. The first-order valence-electron chi connectivity index (χ1n) is 8.93. The Morgan fingerprint density at radius 2 is 1.56 bits per heavy atom. The molecule has 1 amide bonds. The molecule has 0 saturated carbocycles. The van der Waals surface area contributed by atoms with Gasteiger partial charge in [0.25, 0.3) is 0 Å². The fourth-order valence-corrected chi connectivity index (χ4v) is 4.48. The third kappa shape index (κ3) is 4.61. The Hall–Kier alpha value is -1.66. The number of carbonyl (C=O) groups is 1. The lowest BCUT2D eigenvalue weighted by molar-refractivity contribution is 0.147. The second kappa shape index (κ2) is 9.02. The molecular weight excluding hydrogens is 472 g/mol. The van der Waals surface area contributed by atoms with Crippen LogP contribution in [0, 0.1) is 0 Å². The minimum Gasteiger partial charge on any atom is -0.448 e. The number of carbonyl (C=O) groups excluding carboxylic acids is 1. The summed E-state index contributed by atoms with van der Waals surface area (Å²) in [6.07, 6.45) is -0.409. The van der Waals surface area contributed by atoms with Gasteiger partial charge in [0.1, 0.15) is 6.61 Å². The van der Waals surface area contributed by atoms with E-state index in [2.05, 4.69) is 61.4 Å². The number of rotatable bonds is 4. The number of hydrogen-bond donors (Lipinski definition) is 1. The van der Waals surface area contributed by atoms with Crippen molar-refractivity contribution < 1.29 is 9.53 Å². The van der Waals surface area contributed by atoms with Gasteiger partial charge in [0.15, 0.2) is 0 Å². The summed E-state index contributed by atoms with van der Waals surface area (Å²) in [5.41, 5.74) is 5.50. The molecule has 3 rings (SSSR count). The van der Waals surface area contributed by atoms with Crippen LogP contribution in [0.3, 0.4) is 0 Å². The number of ether oxygens (including phenoxy) is 1. The smallest absolute Gasteiger partial charge is 0.407 e. The number of nitrogens with zero attached hydrogens (tertiary/aromatic N) is 1. The minimum atomic E-state index is -0.409. The predicted molar refractivity (Wildman–Crippen MR) is 116 cm³/mol. The van der Waals surface area contributed by atoms with E-state index in [1.54, 1.807) is 0 Å². The summed E-state index contributed by atoms with van der Waals surface area (Å²) in [5.74, 6) is 0. The maximum atomic E-state index is 11.6. The Bertz CT molecular complexity index is 798. The van der Waals surface area contributed by atoms with Crippen LogP contribution in [0.25, 0.3) is 0 Å². The molecule has 0 spiro atoms. The second-order valence-corrected chi connectivity index (χ2v) is 8.62. The summed E-state index contributed by atoms with van der Waals surface area (Å²) in [6.45, 7) is 4.44. The average Bonchev–Trinajstić information content (AvgIpc) is 2.74. The quantitative estimate of drug-likeness (QED) is 0.448. The molecule has 0 bridgehead atoms. The Kier molecular flexibility index (Phi) is 6.71. The zero-order chi connectivity index (χ0) is 19.4. The van der Waals surface area contributed by atoms with Crippen LogP contribution in [-0.2, 0) is 4.74 Å². The van der Waals surface area contributed by atoms with Crippen molar-refractivity contribution in [3.8, 4) is 0 Å². The van der Waals surface area contributed by atoms with Crippen LogP contribution >= 0.6 is 31.9 Å². The van der Waals surface area contributed by atoms with E-state index in [1.165, 1.54) is 11.1 Å². The molecule has 0 aromatic heterocycles. The van der Waals surface area contributed by atoms with E-state index in [-0.39, 0.29) is 22.3 Å². The number of nitrogens with one attached hydrogen (secondary N) is 1. The number of hydrogen-bond acceptors (Lipinski definition) is 3. The van der Waals surface area contributed by atoms with Gasteiger partial charge in [-0.1, -0.05) is 80.4 Å². The molecule has 1 aliphatic carbocycles. The maximum absolute atomic E-state index is 11.6. The van der Waals surface area contributed by atoms with Crippen LogP contribution in [-0.4, -0.2) is 31.0 Å². The molecule has 0 aliphatic heterocycles. The molecule has 0 radical (unpaired) electrons. The van der Waals surface area contributed by atoms with Crippen molar-refractivity contribution in [3.63, 3.8) is 0 Å². The van der Waals surface area contributed by atoms with Crippen LogP contribution < -0.4 is 5.32 Å². The highest BCUT2D eigenvalue weighted by atomic mass is 79.9. The number of benzene rings is 2. The number of amides is 1. The van der Waals surface area contributed by atoms with Gasteiger partial charge in [0.2, 0.25) is 0 Å². The lowest BCUT2D eigenvalue weighted by Crippen LogP contribution is -2.31. The monoisotopic (exact) mass is 492 g/mol. The minimum absolute atomic E-state index is 0.0520. The third-order valence-corrected chi connectivity index (χ3v) is 7.04. The number of halogens is 2. The first-order valence-corrected chi connectivity index (χ1v) is 10.8. The molecular formula is C21H22Br2N2O2. The number of alkyl halides is 2. The van der Waals surface area contributed by atoms with Crippen molar-refractivity contribution in [2.24, 2.45) is 4.99 Å². The highest BCUT2D eigenvalue weighted by molar-refractivity contribution is 9.12. The van der Waals surface area contributed by atoms with Crippen molar-refractivity contribution in [3.05, 3.63) is 70.8 Å². The molecule has 2 aromatic carbocycles. The lowest BCUT2D eigenvalue weighted by atomic mass is 9.98. The van der Waals surface area contributed by atoms with Gasteiger partial charge < -0.3 is 10.1 Å². The van der Waals surface area contributed by atoms with Gasteiger partial charge in [-0.15, -0.1) is 0 Å². The van der Waals surface area contributed by atoms with Gasteiger partial charge >= 0.3 is 6.09 Å². The average molecular weight is 494 g/mol. The fraction of sp³-hybridized carbons (Fsp3) is 0.333. The number of alkyl carbamates (subject to hydrolysis) is 1. The van der Waals surface area contributed by atoms with Gasteiger partial charge in [-0.3, -0.25) is 4.99 Å². The molecule has 142 valence electrons. The van der Waals surface area contributed by atoms with Gasteiger partial charge in [0, 0.05) is 17.2 Å². The van der Waals surface area contributed by atoms with E-state index in [4.69, 9.17) is 9.73 Å². The summed E-state index contributed by atoms with van der Waals surface area (Å²) in [7, 11) is 0. The molecule has 0 unspecified atom stereocenters. The molecule has 1 aliphatic rings. The predicted octanol–water partition coefficient (Wildman–Crippen LogP) is 5.54. The molecule has 0 fully saturated rings. The highest BCUT2D eigenvalue weighted by Crippen LogP contribution is 2.47. The molecule has 2 atom stereocenters. The van der Waals surface area contributed by atoms with Crippen LogP contribution in [0.2, 0.25) is 0 Å². The van der Waals surface area contributed by atoms with E-state index >= 15 is 0 Å². The Balaban J connectivity index is 1.91. The van der Waals surface area contributed by atoms with E-state index in [9.17, 15) is 4.79 Å². The first kappa shape index (κ1) is 20.1. The summed E-state index contributed by atoms with van der Waals surface area (Å²) >= 11 is 7.69. The SMILES string of the molecule is CC(C)NC(=O)OCCN=C1c2ccccc2[C@@H](Br)[C@H](Br)c2ccccc21. The van der Waals surface area contributed by atoms with Crippen molar-refractivity contribution in [1.29, 1.82) is 0 Å². The van der Waals surface area contributed by atoms with E-state index < -0.39 is 6.09 Å². The van der Waals surface area contributed by atoms with Gasteiger partial charge in [-0.2, -0.15) is 0 Å². The standard InChI is InChI=1S/C21H22Br2N2O2/c1-13(2)25-21(26)27-12-11-24-20-16-9-5-3-7-14(16)18(22)19(23)15-8-4-6-10-17(15)20/h3-10,13,18-19H,11-12H2,1-2H3,(H,25,26)/t18-,19-/m1/s1. The number of aliphatic imine (C=N–C) groups is 1. The van der Waals surface area contributed by atoms with Crippen LogP contribution in [0.4, 0.5) is 4.79 Å². The van der Waals surface area contributed by atoms with Crippen LogP contribution in [0.5, 0.6) is 0 Å². The number of fused-ring (bicyclic) bond motifs is 2. The van der Waals surface area contributed by atoms with Crippen LogP contribution in [0.15, 0.2) is 53.5 Å². The first-order chi connectivity index (χ1) is 13.0. The molecule has 0 saturated heterocycles. The van der Waals surface area contributed by atoms with E-state index in [1.807, 2.05) is 38.1 Å². The second-order valence-electron chi connectivity index (χ2n) is 6.64. The maximum Gasteiger partial charge on any atom is 0.407 e. The normalized spacial score (nSPS) is 18.3. The van der Waals surface area contributed by atoms with Crippen molar-refractivity contribution in [2.45, 2.75) is 29.5 Å². The molecule has 27 heavy (non-hydrogen) atoms. The zero-order valence-electron chi connectivity index (χ0n) is 15.3. The highest BCUT2D eigenvalue weighted by Gasteiger charge is 2.30. The summed E-state index contributed by atoms with van der Waals surface area (Å²) in [6, 6.07) is 16.6. The Morgan fingerprint density at radius 1 is 1.04 bits per heavy atom. The third-order valence-electron chi connectivity index (χ3n) is 4.28. The molecule has 6 heteroatoms. The molecule has 2 aromatic rings. The molecule has 1 N–H and O–H groups in total. The van der Waals surface area contributed by atoms with Crippen LogP contribution in [0.1, 0.15) is 45.8 Å². The summed E-state index contributed by atoms with van der Waals surface area (Å²) in [4.78, 5) is 16.7. The molecule has 0 heterocycles. The van der Waals surface area contributed by atoms with E-state index in [0.717, 1.165) is 16.8 Å². The van der Waals surface area contributed by atoms with E-state index in [0.29, 0.717) is 6.54 Å². The lowest BCUT2D eigenvalue weighted by Gasteiger charge is -2.16. The topological polar surface area (TPSA) is 50.7 Å². The summed E-state index contributed by atoms with van der Waals surface area (Å²) < 4.78 is 5.22. The largest absolute Gasteiger partial charge is 0.448 e. The van der Waals surface area contributed by atoms with Crippen molar-refractivity contribution in [2.75, 3.05) is 13.2 Å². The van der Waals surface area contributed by atoms with Gasteiger partial charge in [-0.25, -0.2) is 4.79 Å². The van der Waals surface area contributed by atoms with Gasteiger partial charge in [-0.05, 0) is 25.0 Å². The zero-order valence-corrected chi connectivity index (χ0v) is 18.5. The Morgan fingerprint density at radius 3 is 2.07 bits per heavy atom. The fourth-order valence-electron chi connectivity index (χ4n) is 3.11. The van der Waals surface area contributed by atoms with Crippen molar-refractivity contribution >= 4 is 43.7 Å².